The van der Waals surface area contributed by atoms with Gasteiger partial charge in [0.25, 0.3) is 5.91 Å². The highest BCUT2D eigenvalue weighted by molar-refractivity contribution is 8.00. The summed E-state index contributed by atoms with van der Waals surface area (Å²) in [6.07, 6.45) is 0. The molecule has 0 bridgehead atoms. The number of ether oxygens (including phenoxy) is 2. The molecule has 1 aliphatic rings. The third-order valence-electron chi connectivity index (χ3n) is 5.91. The van der Waals surface area contributed by atoms with Gasteiger partial charge in [0.05, 0.1) is 34.8 Å². The van der Waals surface area contributed by atoms with Crippen LogP contribution in [0.1, 0.15) is 15.9 Å². The lowest BCUT2D eigenvalue weighted by molar-refractivity contribution is 0.0322. The van der Waals surface area contributed by atoms with Gasteiger partial charge in [0.2, 0.25) is 0 Å². The minimum Gasteiger partial charge on any atom is -0.492 e. The Bertz CT molecular complexity index is 1320. The van der Waals surface area contributed by atoms with Crippen molar-refractivity contribution in [1.29, 1.82) is 0 Å². The SMILES string of the molecule is Nc1ccccc1NC(=O)c1ccc(CSc2nc3ccc(OCCN4CCOCC4)cc3s2)cc1. The normalized spacial score (nSPS) is 14.1. The fourth-order valence-electron chi connectivity index (χ4n) is 3.86. The first-order valence-electron chi connectivity index (χ1n) is 11.9. The van der Waals surface area contributed by atoms with Gasteiger partial charge in [-0.1, -0.05) is 36.0 Å². The van der Waals surface area contributed by atoms with Gasteiger partial charge in [-0.2, -0.15) is 0 Å². The van der Waals surface area contributed by atoms with Crippen LogP contribution in [0.25, 0.3) is 10.2 Å². The number of nitrogen functional groups attached to an aromatic ring is 1. The molecule has 2 heterocycles. The maximum absolute atomic E-state index is 12.5. The van der Waals surface area contributed by atoms with Crippen LogP contribution in [0.5, 0.6) is 5.75 Å². The highest BCUT2D eigenvalue weighted by Crippen LogP contribution is 2.33. The number of fused-ring (bicyclic) bond motifs is 1. The zero-order valence-electron chi connectivity index (χ0n) is 19.8. The third-order valence-corrected chi connectivity index (χ3v) is 8.14. The minimum absolute atomic E-state index is 0.179. The van der Waals surface area contributed by atoms with Gasteiger partial charge in [0, 0.05) is 31.0 Å². The lowest BCUT2D eigenvalue weighted by Crippen LogP contribution is -2.38. The molecule has 1 aromatic heterocycles. The first-order valence-corrected chi connectivity index (χ1v) is 13.7. The molecule has 0 atom stereocenters. The molecule has 7 nitrogen and oxygen atoms in total. The average Bonchev–Trinajstić information content (AvgIpc) is 3.32. The van der Waals surface area contributed by atoms with Crippen LogP contribution in [0.3, 0.4) is 0 Å². The fourth-order valence-corrected chi connectivity index (χ4v) is 5.91. The number of rotatable bonds is 9. The van der Waals surface area contributed by atoms with Crippen molar-refractivity contribution in [1.82, 2.24) is 9.88 Å². The van der Waals surface area contributed by atoms with Crippen LogP contribution in [0.2, 0.25) is 0 Å². The molecular weight excluding hydrogens is 492 g/mol. The minimum atomic E-state index is -0.179. The summed E-state index contributed by atoms with van der Waals surface area (Å²) in [6, 6.07) is 20.9. The van der Waals surface area contributed by atoms with Crippen LogP contribution in [0.4, 0.5) is 11.4 Å². The molecule has 9 heteroatoms. The van der Waals surface area contributed by atoms with Crippen LogP contribution in [0.15, 0.2) is 71.1 Å². The summed E-state index contributed by atoms with van der Waals surface area (Å²) in [4.78, 5) is 19.6. The number of morpholine rings is 1. The van der Waals surface area contributed by atoms with Crippen LogP contribution < -0.4 is 15.8 Å². The van der Waals surface area contributed by atoms with Crippen molar-refractivity contribution in [3.63, 3.8) is 0 Å². The first-order chi connectivity index (χ1) is 17.6. The Morgan fingerprint density at radius 3 is 2.72 bits per heavy atom. The Balaban J connectivity index is 1.13. The summed E-state index contributed by atoms with van der Waals surface area (Å²) < 4.78 is 13.5. The number of nitrogens with one attached hydrogen (secondary N) is 1. The van der Waals surface area contributed by atoms with Crippen molar-refractivity contribution in [3.05, 3.63) is 77.9 Å². The van der Waals surface area contributed by atoms with Gasteiger partial charge < -0.3 is 20.5 Å². The van der Waals surface area contributed by atoms with E-state index in [1.165, 1.54) is 0 Å². The van der Waals surface area contributed by atoms with Crippen molar-refractivity contribution in [3.8, 4) is 5.75 Å². The molecule has 0 radical (unpaired) electrons. The maximum atomic E-state index is 12.5. The third kappa shape index (κ3) is 6.36. The number of nitrogens with zero attached hydrogens (tertiary/aromatic N) is 2. The van der Waals surface area contributed by atoms with Gasteiger partial charge in [0.1, 0.15) is 12.4 Å². The number of carbonyl (C=O) groups is 1. The molecule has 0 saturated carbocycles. The topological polar surface area (TPSA) is 89.7 Å². The number of aromatic nitrogens is 1. The highest BCUT2D eigenvalue weighted by atomic mass is 32.2. The number of thiazole rings is 1. The molecule has 1 amide bonds. The number of benzene rings is 3. The largest absolute Gasteiger partial charge is 0.492 e. The van der Waals surface area contributed by atoms with Gasteiger partial charge in [0.15, 0.2) is 4.34 Å². The molecule has 1 aliphatic heterocycles. The average molecular weight is 521 g/mol. The number of hydrogen-bond acceptors (Lipinski definition) is 8. The predicted molar refractivity (Wildman–Crippen MR) is 147 cm³/mol. The van der Waals surface area contributed by atoms with Crippen LogP contribution >= 0.6 is 23.1 Å². The fraction of sp³-hybridized carbons (Fsp3) is 0.259. The van der Waals surface area contributed by atoms with E-state index in [0.29, 0.717) is 23.5 Å². The van der Waals surface area contributed by atoms with E-state index >= 15 is 0 Å². The molecule has 0 aliphatic carbocycles. The molecule has 0 unspecified atom stereocenters. The molecule has 3 aromatic carbocycles. The van der Waals surface area contributed by atoms with Crippen molar-refractivity contribution >= 4 is 50.6 Å². The van der Waals surface area contributed by atoms with E-state index in [0.717, 1.165) is 64.5 Å². The Kier molecular flexibility index (Phi) is 8.02. The van der Waals surface area contributed by atoms with Crippen LogP contribution in [-0.2, 0) is 10.5 Å². The van der Waals surface area contributed by atoms with Gasteiger partial charge in [-0.25, -0.2) is 4.98 Å². The molecule has 1 fully saturated rings. The first kappa shape index (κ1) is 24.6. The van der Waals surface area contributed by atoms with Crippen molar-refractivity contribution < 1.29 is 14.3 Å². The number of amides is 1. The Hall–Kier alpha value is -3.11. The molecule has 3 N–H and O–H groups in total. The van der Waals surface area contributed by atoms with Gasteiger partial charge in [-0.15, -0.1) is 11.3 Å². The molecular formula is C27H28N4O3S2. The Morgan fingerprint density at radius 1 is 1.11 bits per heavy atom. The van der Waals surface area contributed by atoms with Gasteiger partial charge >= 0.3 is 0 Å². The Labute approximate surface area is 218 Å². The summed E-state index contributed by atoms with van der Waals surface area (Å²) in [7, 11) is 0. The molecule has 5 rings (SSSR count). The van der Waals surface area contributed by atoms with E-state index in [1.54, 1.807) is 35.2 Å². The monoisotopic (exact) mass is 520 g/mol. The van der Waals surface area contributed by atoms with Crippen molar-refractivity contribution in [2.75, 3.05) is 50.5 Å². The van der Waals surface area contributed by atoms with Crippen molar-refractivity contribution in [2.45, 2.75) is 10.1 Å². The second kappa shape index (κ2) is 11.7. The van der Waals surface area contributed by atoms with Crippen LogP contribution in [-0.4, -0.2) is 55.2 Å². The second-order valence-electron chi connectivity index (χ2n) is 8.44. The van der Waals surface area contributed by atoms with Crippen LogP contribution in [0, 0.1) is 0 Å². The lowest BCUT2D eigenvalue weighted by Gasteiger charge is -2.26. The van der Waals surface area contributed by atoms with Gasteiger partial charge in [-0.3, -0.25) is 9.69 Å². The maximum Gasteiger partial charge on any atom is 0.255 e. The number of para-hydroxylation sites is 2. The van der Waals surface area contributed by atoms with E-state index in [-0.39, 0.29) is 5.91 Å². The van der Waals surface area contributed by atoms with Crippen molar-refractivity contribution in [2.24, 2.45) is 0 Å². The molecule has 186 valence electrons. The lowest BCUT2D eigenvalue weighted by atomic mass is 10.1. The summed E-state index contributed by atoms with van der Waals surface area (Å²) in [5.41, 5.74) is 9.77. The summed E-state index contributed by atoms with van der Waals surface area (Å²) in [5.74, 6) is 1.47. The highest BCUT2D eigenvalue weighted by Gasteiger charge is 2.11. The second-order valence-corrected chi connectivity index (χ2v) is 10.7. The smallest absolute Gasteiger partial charge is 0.255 e. The molecule has 4 aromatic rings. The van der Waals surface area contributed by atoms with Gasteiger partial charge in [-0.05, 0) is 48.0 Å². The van der Waals surface area contributed by atoms with E-state index in [9.17, 15) is 4.79 Å². The summed E-state index contributed by atoms with van der Waals surface area (Å²) in [5, 5.41) is 2.86. The predicted octanol–water partition coefficient (Wildman–Crippen LogP) is 5.13. The number of nitrogens with two attached hydrogens (primary N) is 1. The molecule has 0 spiro atoms. The number of thioether (sulfide) groups is 1. The van der Waals surface area contributed by atoms with E-state index < -0.39 is 0 Å². The summed E-state index contributed by atoms with van der Waals surface area (Å²) in [6.45, 7) is 5.12. The number of anilines is 2. The summed E-state index contributed by atoms with van der Waals surface area (Å²) >= 11 is 3.36. The van der Waals surface area contributed by atoms with E-state index in [2.05, 4.69) is 16.3 Å². The zero-order chi connectivity index (χ0) is 24.7. The standard InChI is InChI=1S/C27H28N4O3S2/c28-22-3-1-2-4-23(22)29-26(32)20-7-5-19(6-8-20)18-35-27-30-24-10-9-21(17-25(24)36-27)34-16-13-31-11-14-33-15-12-31/h1-10,17H,11-16,18,28H2,(H,29,32). The quantitative estimate of drug-likeness (QED) is 0.233. The molecule has 36 heavy (non-hydrogen) atoms. The van der Waals surface area contributed by atoms with E-state index in [1.807, 2.05) is 48.5 Å². The zero-order valence-corrected chi connectivity index (χ0v) is 21.4. The number of hydrogen-bond donors (Lipinski definition) is 2. The molecule has 1 saturated heterocycles. The Morgan fingerprint density at radius 2 is 1.92 bits per heavy atom. The number of carbonyl (C=O) groups excluding carboxylic acids is 1. The van der Waals surface area contributed by atoms with E-state index in [4.69, 9.17) is 20.2 Å².